The molecule has 27 heavy (non-hydrogen) atoms. The molecule has 2 atom stereocenters. The van der Waals surface area contributed by atoms with E-state index in [0.29, 0.717) is 26.4 Å². The van der Waals surface area contributed by atoms with Crippen molar-refractivity contribution >= 4 is 5.91 Å². The second-order valence-electron chi connectivity index (χ2n) is 7.33. The van der Waals surface area contributed by atoms with Crippen molar-refractivity contribution in [1.29, 1.82) is 0 Å². The Morgan fingerprint density at radius 2 is 2.22 bits per heavy atom. The summed E-state index contributed by atoms with van der Waals surface area (Å²) in [5.41, 5.74) is 2.13. The number of nitrogens with one attached hydrogen (secondary N) is 1. The molecule has 1 N–H and O–H groups in total. The van der Waals surface area contributed by atoms with Crippen molar-refractivity contribution in [2.24, 2.45) is 0 Å². The van der Waals surface area contributed by atoms with Gasteiger partial charge >= 0.3 is 0 Å². The number of hydrogen-bond donors (Lipinski definition) is 1. The van der Waals surface area contributed by atoms with E-state index in [1.165, 1.54) is 5.56 Å². The number of ether oxygens (including phenoxy) is 3. The Labute approximate surface area is 162 Å². The first kappa shape index (κ1) is 20.0. The number of benzene rings is 1. The van der Waals surface area contributed by atoms with Crippen LogP contribution in [0.4, 0.5) is 0 Å². The molecule has 0 spiro atoms. The minimum Gasteiger partial charge on any atom is -0.494 e. The predicted octanol–water partition coefficient (Wildman–Crippen LogP) is 2.53. The summed E-state index contributed by atoms with van der Waals surface area (Å²) in [5.74, 6) is 1.75. The fourth-order valence-corrected chi connectivity index (χ4v) is 3.72. The zero-order chi connectivity index (χ0) is 19.2. The minimum absolute atomic E-state index is 0.0167. The first-order chi connectivity index (χ1) is 13.1. The number of carbonyl (C=O) groups excluding carboxylic acids is 1. The van der Waals surface area contributed by atoms with Gasteiger partial charge in [-0.1, -0.05) is 13.3 Å². The number of hydrogen-bond acceptors (Lipinski definition) is 5. The standard InChI is InChI=1S/C21H32N2O4/c1-4-6-7-23-8-9-25-14-18(23)21(24)22-13-17-12-20-16(10-15(3)27-20)11-19(17)26-5-2/h11-12,15,18H,4-10,13-14H2,1-3H3,(H,22,24)/t15-,18+/m0/s1. The lowest BCUT2D eigenvalue weighted by Gasteiger charge is -2.34. The van der Waals surface area contributed by atoms with Gasteiger partial charge in [0.2, 0.25) is 5.91 Å². The van der Waals surface area contributed by atoms with Gasteiger partial charge in [0, 0.05) is 30.6 Å². The van der Waals surface area contributed by atoms with Crippen LogP contribution in [0.5, 0.6) is 11.5 Å². The first-order valence-corrected chi connectivity index (χ1v) is 10.2. The summed E-state index contributed by atoms with van der Waals surface area (Å²) in [4.78, 5) is 15.0. The van der Waals surface area contributed by atoms with Crippen molar-refractivity contribution in [3.63, 3.8) is 0 Å². The molecule has 0 bridgehead atoms. The number of fused-ring (bicyclic) bond motifs is 1. The van der Waals surface area contributed by atoms with E-state index in [1.54, 1.807) is 0 Å². The van der Waals surface area contributed by atoms with Gasteiger partial charge in [-0.3, -0.25) is 9.69 Å². The number of rotatable bonds is 8. The molecule has 6 heteroatoms. The SMILES string of the molecule is CCCCN1CCOC[C@@H]1C(=O)NCc1cc2c(cc1OCC)C[C@H](C)O2. The van der Waals surface area contributed by atoms with Gasteiger partial charge in [0.1, 0.15) is 23.6 Å². The quantitative estimate of drug-likeness (QED) is 0.755. The van der Waals surface area contributed by atoms with Crippen LogP contribution >= 0.6 is 0 Å². The summed E-state index contributed by atoms with van der Waals surface area (Å²) >= 11 is 0. The molecule has 1 aromatic rings. The van der Waals surface area contributed by atoms with Crippen molar-refractivity contribution in [2.45, 2.75) is 58.7 Å². The summed E-state index contributed by atoms with van der Waals surface area (Å²) < 4.78 is 17.2. The number of unbranched alkanes of at least 4 members (excludes halogenated alkanes) is 1. The number of morpholine rings is 1. The van der Waals surface area contributed by atoms with Crippen LogP contribution in [0.3, 0.4) is 0 Å². The Bertz CT molecular complexity index is 649. The Kier molecular flexibility index (Phi) is 6.96. The Balaban J connectivity index is 1.66. The largest absolute Gasteiger partial charge is 0.494 e. The highest BCUT2D eigenvalue weighted by Gasteiger charge is 2.29. The molecule has 1 amide bonds. The molecule has 2 aliphatic heterocycles. The van der Waals surface area contributed by atoms with Crippen LogP contribution in [0.15, 0.2) is 12.1 Å². The van der Waals surface area contributed by atoms with Crippen molar-refractivity contribution < 1.29 is 19.0 Å². The Morgan fingerprint density at radius 3 is 3.00 bits per heavy atom. The van der Waals surface area contributed by atoms with Crippen LogP contribution in [-0.4, -0.2) is 55.9 Å². The van der Waals surface area contributed by atoms with Gasteiger partial charge in [0.05, 0.1) is 19.8 Å². The van der Waals surface area contributed by atoms with Gasteiger partial charge in [-0.05, 0) is 38.9 Å². The lowest BCUT2D eigenvalue weighted by atomic mass is 10.1. The van der Waals surface area contributed by atoms with Gasteiger partial charge in [-0.2, -0.15) is 0 Å². The molecular weight excluding hydrogens is 344 g/mol. The fourth-order valence-electron chi connectivity index (χ4n) is 3.72. The van der Waals surface area contributed by atoms with Gasteiger partial charge < -0.3 is 19.5 Å². The van der Waals surface area contributed by atoms with E-state index < -0.39 is 0 Å². The molecule has 0 aliphatic carbocycles. The van der Waals surface area contributed by atoms with E-state index in [1.807, 2.05) is 13.0 Å². The highest BCUT2D eigenvalue weighted by Crippen LogP contribution is 2.35. The topological polar surface area (TPSA) is 60.0 Å². The fraction of sp³-hybridized carbons (Fsp3) is 0.667. The summed E-state index contributed by atoms with van der Waals surface area (Å²) in [5, 5.41) is 3.08. The second-order valence-corrected chi connectivity index (χ2v) is 7.33. The molecule has 1 aromatic carbocycles. The van der Waals surface area contributed by atoms with Crippen LogP contribution in [0.1, 0.15) is 44.7 Å². The van der Waals surface area contributed by atoms with Crippen LogP contribution in [0, 0.1) is 0 Å². The normalized spacial score (nSPS) is 22.2. The monoisotopic (exact) mass is 376 g/mol. The highest BCUT2D eigenvalue weighted by molar-refractivity contribution is 5.82. The van der Waals surface area contributed by atoms with Crippen LogP contribution in [-0.2, 0) is 22.5 Å². The third-order valence-corrected chi connectivity index (χ3v) is 5.17. The predicted molar refractivity (Wildman–Crippen MR) is 104 cm³/mol. The molecule has 1 saturated heterocycles. The maximum absolute atomic E-state index is 12.8. The number of carbonyl (C=O) groups is 1. The van der Waals surface area contributed by atoms with Gasteiger partial charge in [-0.15, -0.1) is 0 Å². The Morgan fingerprint density at radius 1 is 1.37 bits per heavy atom. The third kappa shape index (κ3) is 4.93. The molecule has 1 fully saturated rings. The minimum atomic E-state index is -0.216. The molecule has 6 nitrogen and oxygen atoms in total. The van der Waals surface area contributed by atoms with Crippen LogP contribution in [0.25, 0.3) is 0 Å². The van der Waals surface area contributed by atoms with Crippen molar-refractivity contribution in [3.05, 3.63) is 23.3 Å². The highest BCUT2D eigenvalue weighted by atomic mass is 16.5. The van der Waals surface area contributed by atoms with Crippen molar-refractivity contribution in [3.8, 4) is 11.5 Å². The van der Waals surface area contributed by atoms with Crippen LogP contribution in [0.2, 0.25) is 0 Å². The Hall–Kier alpha value is -1.79. The van der Waals surface area contributed by atoms with Gasteiger partial charge in [0.25, 0.3) is 0 Å². The molecule has 0 aromatic heterocycles. The molecule has 2 aliphatic rings. The number of amides is 1. The van der Waals surface area contributed by atoms with Crippen LogP contribution < -0.4 is 14.8 Å². The molecule has 2 heterocycles. The molecular formula is C21H32N2O4. The van der Waals surface area contributed by atoms with E-state index >= 15 is 0 Å². The summed E-state index contributed by atoms with van der Waals surface area (Å²) in [6.07, 6.45) is 3.30. The second kappa shape index (κ2) is 9.42. The maximum Gasteiger partial charge on any atom is 0.240 e. The van der Waals surface area contributed by atoms with Crippen molar-refractivity contribution in [1.82, 2.24) is 10.2 Å². The van der Waals surface area contributed by atoms with E-state index in [-0.39, 0.29) is 18.1 Å². The lowest BCUT2D eigenvalue weighted by molar-refractivity contribution is -0.132. The molecule has 0 saturated carbocycles. The summed E-state index contributed by atoms with van der Waals surface area (Å²) in [6.45, 7) is 10.1. The van der Waals surface area contributed by atoms with Gasteiger partial charge in [-0.25, -0.2) is 0 Å². The first-order valence-electron chi connectivity index (χ1n) is 10.2. The molecule has 0 unspecified atom stereocenters. The molecule has 3 rings (SSSR count). The summed E-state index contributed by atoms with van der Waals surface area (Å²) in [6, 6.07) is 3.85. The average Bonchev–Trinajstić information content (AvgIpc) is 3.03. The molecule has 0 radical (unpaired) electrons. The van der Waals surface area contributed by atoms with Gasteiger partial charge in [0.15, 0.2) is 0 Å². The third-order valence-electron chi connectivity index (χ3n) is 5.17. The summed E-state index contributed by atoms with van der Waals surface area (Å²) in [7, 11) is 0. The molecule has 150 valence electrons. The zero-order valence-electron chi connectivity index (χ0n) is 16.8. The smallest absolute Gasteiger partial charge is 0.240 e. The lowest BCUT2D eigenvalue weighted by Crippen LogP contribution is -2.53. The maximum atomic E-state index is 12.8. The van der Waals surface area contributed by atoms with E-state index in [0.717, 1.165) is 49.4 Å². The number of nitrogens with zero attached hydrogens (tertiary/aromatic N) is 1. The zero-order valence-corrected chi connectivity index (χ0v) is 16.8. The van der Waals surface area contributed by atoms with E-state index in [2.05, 4.69) is 30.1 Å². The van der Waals surface area contributed by atoms with E-state index in [4.69, 9.17) is 14.2 Å². The average molecular weight is 376 g/mol. The van der Waals surface area contributed by atoms with E-state index in [9.17, 15) is 4.79 Å². The van der Waals surface area contributed by atoms with Crippen molar-refractivity contribution in [2.75, 3.05) is 32.9 Å².